The largest absolute Gasteiger partial charge is 0.476 e. The summed E-state index contributed by atoms with van der Waals surface area (Å²) in [6.45, 7) is 4.28. The predicted molar refractivity (Wildman–Crippen MR) is 119 cm³/mol. The van der Waals surface area contributed by atoms with Gasteiger partial charge in [0.05, 0.1) is 25.4 Å². The molecule has 8 nitrogen and oxygen atoms in total. The molecule has 168 valence electrons. The summed E-state index contributed by atoms with van der Waals surface area (Å²) in [6, 6.07) is 14.5. The predicted octanol–water partition coefficient (Wildman–Crippen LogP) is 1.77. The third kappa shape index (κ3) is 4.91. The molecule has 2 aliphatic heterocycles. The van der Waals surface area contributed by atoms with Crippen molar-refractivity contribution in [3.63, 3.8) is 0 Å². The van der Waals surface area contributed by atoms with Gasteiger partial charge >= 0.3 is 0 Å². The van der Waals surface area contributed by atoms with Gasteiger partial charge in [0.2, 0.25) is 5.91 Å². The molecule has 0 spiro atoms. The highest BCUT2D eigenvalue weighted by Gasteiger charge is 2.36. The Hall–Kier alpha value is -3.39. The molecule has 1 saturated heterocycles. The topological polar surface area (TPSA) is 88.2 Å². The van der Waals surface area contributed by atoms with Gasteiger partial charge in [0.1, 0.15) is 5.75 Å². The van der Waals surface area contributed by atoms with Crippen LogP contribution in [0.5, 0.6) is 5.75 Å². The van der Waals surface area contributed by atoms with Crippen molar-refractivity contribution in [3.8, 4) is 5.75 Å². The lowest BCUT2D eigenvalue weighted by Crippen LogP contribution is -2.54. The van der Waals surface area contributed by atoms with Crippen LogP contribution in [0.4, 0.5) is 5.69 Å². The van der Waals surface area contributed by atoms with Gasteiger partial charge < -0.3 is 24.6 Å². The number of para-hydroxylation sites is 2. The van der Waals surface area contributed by atoms with E-state index >= 15 is 0 Å². The highest BCUT2D eigenvalue weighted by molar-refractivity contribution is 5.98. The highest BCUT2D eigenvalue weighted by Crippen LogP contribution is 2.34. The van der Waals surface area contributed by atoms with Gasteiger partial charge in [-0.3, -0.25) is 14.4 Å². The Morgan fingerprint density at radius 2 is 1.84 bits per heavy atom. The second-order valence-corrected chi connectivity index (χ2v) is 7.89. The molecule has 1 N–H and O–H groups in total. The molecule has 32 heavy (non-hydrogen) atoms. The number of hydrogen-bond acceptors (Lipinski definition) is 5. The first-order valence-corrected chi connectivity index (χ1v) is 10.8. The van der Waals surface area contributed by atoms with Crippen molar-refractivity contribution in [1.82, 2.24) is 10.2 Å². The fourth-order valence-electron chi connectivity index (χ4n) is 3.89. The molecular weight excluding hydrogens is 410 g/mol. The average molecular weight is 437 g/mol. The molecule has 0 saturated carbocycles. The molecule has 1 fully saturated rings. The molecule has 1 unspecified atom stereocenters. The normalized spacial score (nSPS) is 17.8. The number of aryl methyl sites for hydroxylation is 1. The minimum atomic E-state index is -0.770. The minimum absolute atomic E-state index is 0.115. The third-order valence-electron chi connectivity index (χ3n) is 5.58. The Morgan fingerprint density at radius 3 is 2.62 bits per heavy atom. The van der Waals surface area contributed by atoms with E-state index in [1.807, 2.05) is 31.2 Å². The monoisotopic (exact) mass is 437 g/mol. The first-order chi connectivity index (χ1) is 15.5. The van der Waals surface area contributed by atoms with E-state index < -0.39 is 6.10 Å². The lowest BCUT2D eigenvalue weighted by molar-refractivity contribution is -0.142. The molecule has 2 aromatic carbocycles. The maximum absolute atomic E-state index is 13.1. The molecule has 2 aliphatic rings. The van der Waals surface area contributed by atoms with E-state index in [9.17, 15) is 14.4 Å². The summed E-state index contributed by atoms with van der Waals surface area (Å²) in [7, 11) is 0. The first-order valence-electron chi connectivity index (χ1n) is 10.8. The van der Waals surface area contributed by atoms with Crippen LogP contribution in [0, 0.1) is 6.92 Å². The van der Waals surface area contributed by atoms with E-state index in [1.54, 1.807) is 34.1 Å². The van der Waals surface area contributed by atoms with Crippen LogP contribution in [0.3, 0.4) is 0 Å². The molecule has 0 radical (unpaired) electrons. The fourth-order valence-corrected chi connectivity index (χ4v) is 3.89. The van der Waals surface area contributed by atoms with E-state index in [2.05, 4.69) is 5.32 Å². The van der Waals surface area contributed by atoms with E-state index in [0.717, 1.165) is 5.56 Å². The van der Waals surface area contributed by atoms with Gasteiger partial charge in [0, 0.05) is 31.6 Å². The van der Waals surface area contributed by atoms with Crippen LogP contribution < -0.4 is 15.0 Å². The van der Waals surface area contributed by atoms with Crippen LogP contribution in [-0.4, -0.2) is 68.1 Å². The third-order valence-corrected chi connectivity index (χ3v) is 5.58. The lowest BCUT2D eigenvalue weighted by Gasteiger charge is -2.37. The summed E-state index contributed by atoms with van der Waals surface area (Å²) in [6.07, 6.45) is -0.654. The number of hydrogen-bond donors (Lipinski definition) is 1. The van der Waals surface area contributed by atoms with Crippen molar-refractivity contribution in [2.24, 2.45) is 0 Å². The van der Waals surface area contributed by atoms with Crippen molar-refractivity contribution in [2.45, 2.75) is 19.4 Å². The van der Waals surface area contributed by atoms with Gasteiger partial charge in [-0.15, -0.1) is 0 Å². The zero-order valence-corrected chi connectivity index (χ0v) is 18.1. The number of carbonyl (C=O) groups is 3. The Labute approximate surface area is 187 Å². The Bertz CT molecular complexity index is 1000. The molecule has 0 aliphatic carbocycles. The second kappa shape index (κ2) is 9.82. The van der Waals surface area contributed by atoms with Crippen LogP contribution in [0.15, 0.2) is 48.5 Å². The zero-order chi connectivity index (χ0) is 22.5. The number of morpholine rings is 1. The summed E-state index contributed by atoms with van der Waals surface area (Å²) in [4.78, 5) is 41.7. The Morgan fingerprint density at radius 1 is 1.06 bits per heavy atom. The Kier molecular flexibility index (Phi) is 6.70. The molecular formula is C24H27N3O5. The van der Waals surface area contributed by atoms with Gasteiger partial charge in [0.25, 0.3) is 11.8 Å². The second-order valence-electron chi connectivity index (χ2n) is 7.89. The van der Waals surface area contributed by atoms with Crippen LogP contribution >= 0.6 is 0 Å². The van der Waals surface area contributed by atoms with Crippen molar-refractivity contribution in [3.05, 3.63) is 59.7 Å². The zero-order valence-electron chi connectivity index (χ0n) is 18.1. The number of benzene rings is 2. The first kappa shape index (κ1) is 21.8. The van der Waals surface area contributed by atoms with Crippen LogP contribution in [0.25, 0.3) is 0 Å². The van der Waals surface area contributed by atoms with Crippen LogP contribution in [-0.2, 0) is 14.3 Å². The summed E-state index contributed by atoms with van der Waals surface area (Å²) < 4.78 is 11.3. The van der Waals surface area contributed by atoms with E-state index in [0.29, 0.717) is 43.3 Å². The summed E-state index contributed by atoms with van der Waals surface area (Å²) >= 11 is 0. The minimum Gasteiger partial charge on any atom is -0.476 e. The van der Waals surface area contributed by atoms with Crippen molar-refractivity contribution in [1.29, 1.82) is 0 Å². The van der Waals surface area contributed by atoms with Crippen molar-refractivity contribution < 1.29 is 23.9 Å². The molecule has 0 aromatic heterocycles. The average Bonchev–Trinajstić information content (AvgIpc) is 2.83. The molecule has 0 bridgehead atoms. The number of fused-ring (bicyclic) bond motifs is 1. The molecule has 8 heteroatoms. The van der Waals surface area contributed by atoms with Crippen molar-refractivity contribution in [2.75, 3.05) is 44.3 Å². The number of carbonyl (C=O) groups excluding carboxylic acids is 3. The molecule has 4 rings (SSSR count). The summed E-state index contributed by atoms with van der Waals surface area (Å²) in [5.74, 6) is -0.0369. The lowest BCUT2D eigenvalue weighted by atomic mass is 10.1. The van der Waals surface area contributed by atoms with Gasteiger partial charge in [0.15, 0.2) is 6.10 Å². The number of nitrogens with one attached hydrogen (secondary N) is 1. The number of amides is 3. The number of nitrogens with zero attached hydrogens (tertiary/aromatic N) is 2. The Balaban J connectivity index is 1.41. The fraction of sp³-hybridized carbons (Fsp3) is 0.375. The summed E-state index contributed by atoms with van der Waals surface area (Å²) in [5.41, 5.74) is 2.19. The van der Waals surface area contributed by atoms with E-state index in [-0.39, 0.29) is 37.2 Å². The number of anilines is 1. The maximum atomic E-state index is 13.1. The molecule has 2 aromatic rings. The standard InChI is InChI=1S/C24H27N3O5/c1-17-5-4-6-18(15-17)23(29)25-10-9-22(28)27-16-21(24(30)26-11-13-31-14-12-26)32-20-8-3-2-7-19(20)27/h2-8,15,21H,9-14,16H2,1H3,(H,25,29). The van der Waals surface area contributed by atoms with E-state index in [1.165, 1.54) is 0 Å². The van der Waals surface area contributed by atoms with Crippen LogP contribution in [0.2, 0.25) is 0 Å². The number of rotatable bonds is 5. The van der Waals surface area contributed by atoms with Gasteiger partial charge in [-0.05, 0) is 31.2 Å². The summed E-state index contributed by atoms with van der Waals surface area (Å²) in [5, 5.41) is 2.80. The highest BCUT2D eigenvalue weighted by atomic mass is 16.5. The molecule has 1 atom stereocenters. The quantitative estimate of drug-likeness (QED) is 0.770. The smallest absolute Gasteiger partial charge is 0.265 e. The van der Waals surface area contributed by atoms with Crippen molar-refractivity contribution >= 4 is 23.4 Å². The van der Waals surface area contributed by atoms with Crippen LogP contribution in [0.1, 0.15) is 22.3 Å². The SMILES string of the molecule is Cc1cccc(C(=O)NCCC(=O)N2CC(C(=O)N3CCOCC3)Oc3ccccc32)c1. The van der Waals surface area contributed by atoms with Gasteiger partial charge in [-0.25, -0.2) is 0 Å². The van der Waals surface area contributed by atoms with Gasteiger partial charge in [-0.2, -0.15) is 0 Å². The maximum Gasteiger partial charge on any atom is 0.265 e. The van der Waals surface area contributed by atoms with E-state index in [4.69, 9.17) is 9.47 Å². The number of ether oxygens (including phenoxy) is 2. The molecule has 3 amide bonds. The van der Waals surface area contributed by atoms with Gasteiger partial charge in [-0.1, -0.05) is 29.8 Å². The molecule has 2 heterocycles.